The quantitative estimate of drug-likeness (QED) is 0.129. The maximum Gasteiger partial charge on any atom is 0.0541 e. The highest BCUT2D eigenvalue weighted by atomic mass is 15.0. The molecule has 0 N–H and O–H groups in total. The van der Waals surface area contributed by atoms with Gasteiger partial charge in [0.2, 0.25) is 0 Å². The van der Waals surface area contributed by atoms with Crippen LogP contribution in [0.2, 0.25) is 0 Å². The molecule has 1 aromatic heterocycles. The van der Waals surface area contributed by atoms with Crippen molar-refractivity contribution in [2.75, 3.05) is 0 Å². The average Bonchev–Trinajstić information content (AvgIpc) is 3.84. The summed E-state index contributed by atoms with van der Waals surface area (Å²) in [6.45, 7) is 4.00. The molecule has 1 heteroatoms. The van der Waals surface area contributed by atoms with Crippen LogP contribution in [0, 0.1) is 0 Å². The van der Waals surface area contributed by atoms with Crippen molar-refractivity contribution in [2.45, 2.75) is 128 Å². The molecule has 3 aliphatic rings. The molecule has 0 amide bonds. The smallest absolute Gasteiger partial charge is 0.0541 e. The minimum atomic E-state index is 0.726. The highest BCUT2D eigenvalue weighted by Crippen LogP contribution is 2.41. The van der Waals surface area contributed by atoms with Gasteiger partial charge in [0, 0.05) is 16.5 Å². The first-order valence-electron chi connectivity index (χ1n) is 29.0. The SMILES string of the molecule is CC.c1cc(-c2ccc(-n3c4ccc(-c5ccc(-c6ccc(C7CCCCC7)cc6)cc5)cc4c4cc(-c5ccc(-c6ccc(C7CCCCC7)cc6)cc5)ccc43)cc2)ccc1-c1ccc(C2CCCCC2)cc1. The Morgan fingerprint density at radius 3 is 0.720 bits per heavy atom. The molecule has 0 atom stereocenters. The fourth-order valence-electron chi connectivity index (χ4n) is 13.2. The van der Waals surface area contributed by atoms with Gasteiger partial charge >= 0.3 is 0 Å². The Balaban J connectivity index is 0.00000281. The van der Waals surface area contributed by atoms with Crippen molar-refractivity contribution < 1.29 is 0 Å². The zero-order chi connectivity index (χ0) is 50.5. The van der Waals surface area contributed by atoms with E-state index in [9.17, 15) is 0 Å². The van der Waals surface area contributed by atoms with Crippen molar-refractivity contribution >= 4 is 21.8 Å². The van der Waals surface area contributed by atoms with Crippen LogP contribution in [0.25, 0.3) is 94.3 Å². The van der Waals surface area contributed by atoms with Crippen LogP contribution < -0.4 is 0 Å². The number of aromatic nitrogens is 1. The van der Waals surface area contributed by atoms with E-state index in [0.29, 0.717) is 0 Å². The zero-order valence-corrected chi connectivity index (χ0v) is 44.4. The normalized spacial score (nSPS) is 15.7. The van der Waals surface area contributed by atoms with Crippen molar-refractivity contribution in [1.82, 2.24) is 4.57 Å². The molecule has 3 fully saturated rings. The third kappa shape index (κ3) is 10.3. The molecule has 3 aliphatic carbocycles. The molecule has 374 valence electrons. The Morgan fingerprint density at radius 2 is 0.453 bits per heavy atom. The van der Waals surface area contributed by atoms with Crippen LogP contribution >= 0.6 is 0 Å². The van der Waals surface area contributed by atoms with Gasteiger partial charge in [-0.3, -0.25) is 0 Å². The van der Waals surface area contributed by atoms with Gasteiger partial charge in [-0.15, -0.1) is 0 Å². The lowest BCUT2D eigenvalue weighted by atomic mass is 9.83. The second-order valence-corrected chi connectivity index (χ2v) is 21.9. The number of rotatable bonds is 10. The molecule has 9 aromatic carbocycles. The van der Waals surface area contributed by atoms with Crippen LogP contribution in [-0.2, 0) is 0 Å². The van der Waals surface area contributed by atoms with Crippen molar-refractivity contribution in [3.8, 4) is 72.4 Å². The van der Waals surface area contributed by atoms with Gasteiger partial charge in [0.1, 0.15) is 0 Å². The summed E-state index contributed by atoms with van der Waals surface area (Å²) in [5.41, 5.74) is 23.2. The molecule has 1 heterocycles. The minimum absolute atomic E-state index is 0.726. The first-order chi connectivity index (χ1) is 37.1. The molecule has 0 bridgehead atoms. The number of nitrogens with zero attached hydrogens (tertiary/aromatic N) is 1. The van der Waals surface area contributed by atoms with E-state index in [2.05, 4.69) is 211 Å². The Bertz CT molecular complexity index is 3300. The summed E-state index contributed by atoms with van der Waals surface area (Å²) >= 11 is 0. The first kappa shape index (κ1) is 48.7. The largest absolute Gasteiger partial charge is 0.309 e. The van der Waals surface area contributed by atoms with Gasteiger partial charge in [0.15, 0.2) is 0 Å². The third-order valence-corrected chi connectivity index (χ3v) is 17.5. The van der Waals surface area contributed by atoms with Gasteiger partial charge in [0.05, 0.1) is 11.0 Å². The van der Waals surface area contributed by atoms with Crippen molar-refractivity contribution in [3.63, 3.8) is 0 Å². The molecule has 1 nitrogen and oxygen atoms in total. The van der Waals surface area contributed by atoms with Gasteiger partial charge in [-0.2, -0.15) is 0 Å². The summed E-state index contributed by atoms with van der Waals surface area (Å²) in [5, 5.41) is 2.52. The maximum atomic E-state index is 2.46. The lowest BCUT2D eigenvalue weighted by molar-refractivity contribution is 0.443. The van der Waals surface area contributed by atoms with E-state index in [-0.39, 0.29) is 0 Å². The van der Waals surface area contributed by atoms with Crippen LogP contribution in [-0.4, -0.2) is 4.57 Å². The van der Waals surface area contributed by atoms with E-state index in [1.54, 1.807) is 0 Å². The van der Waals surface area contributed by atoms with Crippen molar-refractivity contribution in [2.24, 2.45) is 0 Å². The average molecular weight is 976 g/mol. The van der Waals surface area contributed by atoms with Crippen LogP contribution in [0.4, 0.5) is 0 Å². The Morgan fingerprint density at radius 1 is 0.240 bits per heavy atom. The fourth-order valence-corrected chi connectivity index (χ4v) is 13.2. The van der Waals surface area contributed by atoms with Crippen LogP contribution in [0.3, 0.4) is 0 Å². The Hall–Kier alpha value is -7.22. The van der Waals surface area contributed by atoms with Crippen LogP contribution in [0.1, 0.15) is 145 Å². The summed E-state index contributed by atoms with van der Waals surface area (Å²) in [4.78, 5) is 0. The lowest BCUT2D eigenvalue weighted by Crippen LogP contribution is -2.04. The molecule has 75 heavy (non-hydrogen) atoms. The summed E-state index contributed by atoms with van der Waals surface area (Å²) in [6, 6.07) is 79.1. The molecule has 0 spiro atoms. The Labute approximate surface area is 447 Å². The molecule has 0 aliphatic heterocycles. The summed E-state index contributed by atoms with van der Waals surface area (Å²) in [6.07, 6.45) is 20.4. The summed E-state index contributed by atoms with van der Waals surface area (Å²) < 4.78 is 2.46. The van der Waals surface area contributed by atoms with E-state index in [4.69, 9.17) is 0 Å². The summed E-state index contributed by atoms with van der Waals surface area (Å²) in [5.74, 6) is 2.18. The van der Waals surface area contributed by atoms with E-state index in [0.717, 1.165) is 23.4 Å². The highest BCUT2D eigenvalue weighted by molar-refractivity contribution is 6.11. The molecular weight excluding hydrogens is 903 g/mol. The molecule has 10 aromatic rings. The van der Waals surface area contributed by atoms with E-state index in [1.807, 2.05) is 13.8 Å². The van der Waals surface area contributed by atoms with E-state index >= 15 is 0 Å². The first-order valence-corrected chi connectivity index (χ1v) is 29.0. The number of fused-ring (bicyclic) bond motifs is 3. The van der Waals surface area contributed by atoms with Gasteiger partial charge in [0.25, 0.3) is 0 Å². The van der Waals surface area contributed by atoms with Gasteiger partial charge in [-0.25, -0.2) is 0 Å². The molecule has 0 unspecified atom stereocenters. The Kier molecular flexibility index (Phi) is 14.5. The number of hydrogen-bond donors (Lipinski definition) is 0. The standard InChI is InChI=1S/C72H67N.C2H6/c1-4-10-50(11-5-1)53-16-22-56(23-17-53)59-28-30-62(31-29-59)63-40-44-68(45-41-63)73-71-46-42-66(64-36-32-60(33-37-64)57-24-18-54(19-25-57)51-12-6-2-7-13-51)48-69(71)70-49-67(43-47-72(70)73)65-38-34-61(35-39-65)58-26-20-55(21-27-58)52-14-8-3-9-15-52;1-2/h16-52H,1-15H2;1-2H3. The third-order valence-electron chi connectivity index (χ3n) is 17.5. The number of benzene rings is 9. The number of hydrogen-bond acceptors (Lipinski definition) is 0. The zero-order valence-electron chi connectivity index (χ0n) is 44.4. The second kappa shape index (κ2) is 22.3. The maximum absolute atomic E-state index is 2.46. The van der Waals surface area contributed by atoms with E-state index < -0.39 is 0 Å². The molecule has 3 saturated carbocycles. The monoisotopic (exact) mass is 976 g/mol. The lowest BCUT2D eigenvalue weighted by Gasteiger charge is -2.22. The molecule has 0 saturated heterocycles. The van der Waals surface area contributed by atoms with E-state index in [1.165, 1.54) is 202 Å². The topological polar surface area (TPSA) is 4.93 Å². The predicted octanol–water partition coefficient (Wildman–Crippen LogP) is 22.0. The van der Waals surface area contributed by atoms with Crippen LogP contribution in [0.15, 0.2) is 206 Å². The van der Waals surface area contributed by atoms with Crippen molar-refractivity contribution in [1.29, 1.82) is 0 Å². The minimum Gasteiger partial charge on any atom is -0.309 e. The van der Waals surface area contributed by atoms with Gasteiger partial charge in [-0.05, 0) is 176 Å². The molecule has 0 radical (unpaired) electrons. The molecule has 13 rings (SSSR count). The van der Waals surface area contributed by atoms with Gasteiger partial charge < -0.3 is 4.57 Å². The predicted molar refractivity (Wildman–Crippen MR) is 322 cm³/mol. The van der Waals surface area contributed by atoms with Gasteiger partial charge in [-0.1, -0.05) is 241 Å². The highest BCUT2D eigenvalue weighted by Gasteiger charge is 2.20. The molecular formula is C74H73N. The van der Waals surface area contributed by atoms with Crippen molar-refractivity contribution in [3.05, 3.63) is 223 Å². The summed E-state index contributed by atoms with van der Waals surface area (Å²) in [7, 11) is 0. The fraction of sp³-hybridized carbons (Fsp3) is 0.270. The second-order valence-electron chi connectivity index (χ2n) is 21.9. The van der Waals surface area contributed by atoms with Crippen LogP contribution in [0.5, 0.6) is 0 Å².